The van der Waals surface area contributed by atoms with Gasteiger partial charge in [0.2, 0.25) is 5.91 Å². The van der Waals surface area contributed by atoms with Gasteiger partial charge in [0.1, 0.15) is 5.75 Å². The van der Waals surface area contributed by atoms with E-state index >= 15 is 0 Å². The highest BCUT2D eigenvalue weighted by atomic mass is 16.3. The van der Waals surface area contributed by atoms with E-state index < -0.39 is 0 Å². The first-order chi connectivity index (χ1) is 9.24. The molecule has 1 aliphatic heterocycles. The minimum atomic E-state index is -0.118. The highest BCUT2D eigenvalue weighted by Gasteiger charge is 2.38. The van der Waals surface area contributed by atoms with Gasteiger partial charge in [0.25, 0.3) is 0 Å². The molecule has 0 bridgehead atoms. The largest absolute Gasteiger partial charge is 0.506 e. The third kappa shape index (κ3) is 2.59. The molecule has 1 aromatic carbocycles. The summed E-state index contributed by atoms with van der Waals surface area (Å²) in [5, 5.41) is 15.9. The van der Waals surface area contributed by atoms with Gasteiger partial charge in [0, 0.05) is 6.04 Å². The van der Waals surface area contributed by atoms with Gasteiger partial charge in [0.05, 0.1) is 11.7 Å². The summed E-state index contributed by atoms with van der Waals surface area (Å²) >= 11 is 0. The van der Waals surface area contributed by atoms with Crippen LogP contribution in [0.4, 0.5) is 5.69 Å². The summed E-state index contributed by atoms with van der Waals surface area (Å²) < 4.78 is 0. The van der Waals surface area contributed by atoms with E-state index in [-0.39, 0.29) is 17.7 Å². The molecule has 1 amide bonds. The number of hydrogen-bond acceptors (Lipinski definition) is 3. The van der Waals surface area contributed by atoms with Gasteiger partial charge in [-0.3, -0.25) is 4.79 Å². The van der Waals surface area contributed by atoms with Crippen LogP contribution in [0.3, 0.4) is 0 Å². The second-order valence-corrected chi connectivity index (χ2v) is 5.61. The first kappa shape index (κ1) is 12.5. The summed E-state index contributed by atoms with van der Waals surface area (Å²) in [5.41, 5.74) is 0.490. The predicted octanol–water partition coefficient (Wildman–Crippen LogP) is 2.25. The summed E-state index contributed by atoms with van der Waals surface area (Å²) in [6.45, 7) is 0. The topological polar surface area (TPSA) is 61.4 Å². The molecule has 0 aromatic heterocycles. The van der Waals surface area contributed by atoms with Gasteiger partial charge >= 0.3 is 0 Å². The van der Waals surface area contributed by atoms with Crippen molar-refractivity contribution in [3.8, 4) is 5.75 Å². The fourth-order valence-electron chi connectivity index (χ4n) is 3.32. The van der Waals surface area contributed by atoms with Crippen LogP contribution in [0.5, 0.6) is 5.75 Å². The van der Waals surface area contributed by atoms with E-state index in [9.17, 15) is 9.90 Å². The van der Waals surface area contributed by atoms with Crippen molar-refractivity contribution in [1.29, 1.82) is 0 Å². The van der Waals surface area contributed by atoms with Crippen LogP contribution < -0.4 is 10.6 Å². The van der Waals surface area contributed by atoms with Crippen molar-refractivity contribution in [3.63, 3.8) is 0 Å². The highest BCUT2D eigenvalue weighted by molar-refractivity contribution is 5.96. The number of nitrogens with one attached hydrogen (secondary N) is 2. The molecule has 4 nitrogen and oxygen atoms in total. The maximum Gasteiger partial charge on any atom is 0.241 e. The molecular weight excluding hydrogens is 240 g/mol. The van der Waals surface area contributed by atoms with Gasteiger partial charge in [-0.25, -0.2) is 0 Å². The second-order valence-electron chi connectivity index (χ2n) is 5.61. The lowest BCUT2D eigenvalue weighted by molar-refractivity contribution is -0.117. The van der Waals surface area contributed by atoms with Crippen LogP contribution in [-0.2, 0) is 4.79 Å². The molecule has 102 valence electrons. The van der Waals surface area contributed by atoms with Crippen molar-refractivity contribution in [3.05, 3.63) is 24.3 Å². The molecule has 0 unspecified atom stereocenters. The molecule has 0 radical (unpaired) electrons. The van der Waals surface area contributed by atoms with Crippen LogP contribution in [0.2, 0.25) is 0 Å². The van der Waals surface area contributed by atoms with Crippen molar-refractivity contribution < 1.29 is 9.90 Å². The summed E-state index contributed by atoms with van der Waals surface area (Å²) in [5.74, 6) is 0.732. The molecule has 3 N–H and O–H groups in total. The molecule has 3 rings (SSSR count). The smallest absolute Gasteiger partial charge is 0.241 e. The van der Waals surface area contributed by atoms with Gasteiger partial charge in [-0.05, 0) is 37.3 Å². The Labute approximate surface area is 113 Å². The Morgan fingerprint density at radius 3 is 2.84 bits per heavy atom. The number of phenols is 1. The number of para-hydroxylation sites is 2. The van der Waals surface area contributed by atoms with Gasteiger partial charge in [0.15, 0.2) is 0 Å². The molecule has 2 aliphatic rings. The molecule has 4 heteroatoms. The van der Waals surface area contributed by atoms with Crippen LogP contribution in [0, 0.1) is 5.92 Å². The number of aromatic hydroxyl groups is 1. The van der Waals surface area contributed by atoms with Crippen molar-refractivity contribution in [2.75, 3.05) is 5.32 Å². The first-order valence-corrected chi connectivity index (χ1v) is 7.09. The van der Waals surface area contributed by atoms with Crippen molar-refractivity contribution in [1.82, 2.24) is 5.32 Å². The van der Waals surface area contributed by atoms with Crippen LogP contribution in [0.15, 0.2) is 24.3 Å². The third-order valence-corrected chi connectivity index (χ3v) is 4.34. The zero-order chi connectivity index (χ0) is 13.2. The Kier molecular flexibility index (Phi) is 3.42. The third-order valence-electron chi connectivity index (χ3n) is 4.34. The van der Waals surface area contributed by atoms with Crippen molar-refractivity contribution in [2.24, 2.45) is 5.92 Å². The molecule has 1 aliphatic carbocycles. The number of benzene rings is 1. The fraction of sp³-hybridized carbons (Fsp3) is 0.533. The maximum absolute atomic E-state index is 12.2. The normalized spacial score (nSPS) is 29.8. The average Bonchev–Trinajstić information content (AvgIpc) is 2.85. The van der Waals surface area contributed by atoms with Crippen molar-refractivity contribution in [2.45, 2.75) is 44.2 Å². The van der Waals surface area contributed by atoms with E-state index in [1.807, 2.05) is 0 Å². The van der Waals surface area contributed by atoms with E-state index in [0.29, 0.717) is 17.6 Å². The number of amides is 1. The zero-order valence-corrected chi connectivity index (χ0v) is 10.9. The molecule has 1 saturated heterocycles. The zero-order valence-electron chi connectivity index (χ0n) is 10.9. The van der Waals surface area contributed by atoms with Crippen LogP contribution in [0.25, 0.3) is 0 Å². The highest BCUT2D eigenvalue weighted by Crippen LogP contribution is 2.33. The molecule has 2 fully saturated rings. The number of hydrogen-bond donors (Lipinski definition) is 3. The number of phenolic OH excluding ortho intramolecular Hbond substituents is 1. The molecule has 3 atom stereocenters. The summed E-state index contributed by atoms with van der Waals surface area (Å²) in [4.78, 5) is 12.2. The summed E-state index contributed by atoms with van der Waals surface area (Å²) in [7, 11) is 0. The van der Waals surface area contributed by atoms with Crippen LogP contribution in [0.1, 0.15) is 32.1 Å². The number of fused-ring (bicyclic) bond motifs is 1. The molecule has 1 saturated carbocycles. The molecule has 19 heavy (non-hydrogen) atoms. The second kappa shape index (κ2) is 5.21. The van der Waals surface area contributed by atoms with Gasteiger partial charge in [-0.2, -0.15) is 0 Å². The average molecular weight is 260 g/mol. The lowest BCUT2D eigenvalue weighted by Crippen LogP contribution is -2.39. The quantitative estimate of drug-likeness (QED) is 0.715. The van der Waals surface area contributed by atoms with Gasteiger partial charge in [-0.15, -0.1) is 0 Å². The van der Waals surface area contributed by atoms with E-state index in [4.69, 9.17) is 0 Å². The number of rotatable bonds is 2. The van der Waals surface area contributed by atoms with E-state index in [1.165, 1.54) is 25.7 Å². The Balaban J connectivity index is 1.64. The molecule has 0 spiro atoms. The molecular formula is C15H20N2O2. The lowest BCUT2D eigenvalue weighted by atomic mass is 9.85. The Morgan fingerprint density at radius 1 is 1.26 bits per heavy atom. The molecule has 1 aromatic rings. The number of anilines is 1. The van der Waals surface area contributed by atoms with Crippen LogP contribution >= 0.6 is 0 Å². The minimum absolute atomic E-state index is 0.0316. The number of carbonyl (C=O) groups excluding carboxylic acids is 1. The monoisotopic (exact) mass is 260 g/mol. The van der Waals surface area contributed by atoms with Gasteiger partial charge < -0.3 is 15.7 Å². The number of carbonyl (C=O) groups is 1. The minimum Gasteiger partial charge on any atom is -0.506 e. The lowest BCUT2D eigenvalue weighted by Gasteiger charge is -2.24. The Hall–Kier alpha value is -1.55. The summed E-state index contributed by atoms with van der Waals surface area (Å²) in [6.07, 6.45) is 5.89. The SMILES string of the molecule is O=C(Nc1ccccc1O)[C@@H]1C[C@H]2CCCC[C@H]2N1. The van der Waals surface area contributed by atoms with E-state index in [0.717, 1.165) is 6.42 Å². The first-order valence-electron chi connectivity index (χ1n) is 7.09. The van der Waals surface area contributed by atoms with Gasteiger partial charge in [-0.1, -0.05) is 25.0 Å². The van der Waals surface area contributed by atoms with E-state index in [1.54, 1.807) is 24.3 Å². The Bertz CT molecular complexity index is 461. The van der Waals surface area contributed by atoms with Crippen LogP contribution in [-0.4, -0.2) is 23.1 Å². The van der Waals surface area contributed by atoms with Crippen molar-refractivity contribution >= 4 is 11.6 Å². The maximum atomic E-state index is 12.2. The van der Waals surface area contributed by atoms with E-state index in [2.05, 4.69) is 10.6 Å². The molecule has 1 heterocycles. The Morgan fingerprint density at radius 2 is 2.05 bits per heavy atom. The predicted molar refractivity (Wildman–Crippen MR) is 74.0 cm³/mol. The summed E-state index contributed by atoms with van der Waals surface area (Å²) in [6, 6.07) is 7.23. The standard InChI is InChI=1S/C15H20N2O2/c18-14-8-4-3-7-12(14)17-15(19)13-9-10-5-1-2-6-11(10)16-13/h3-4,7-8,10-11,13,16,18H,1-2,5-6,9H2,(H,17,19)/t10-,11-,13+/m1/s1. The fourth-order valence-corrected chi connectivity index (χ4v) is 3.32.